The van der Waals surface area contributed by atoms with Crippen molar-refractivity contribution in [3.05, 3.63) is 52.5 Å². The molecule has 2 aromatic carbocycles. The van der Waals surface area contributed by atoms with E-state index in [0.29, 0.717) is 0 Å². The van der Waals surface area contributed by atoms with Gasteiger partial charge in [0.1, 0.15) is 0 Å². The Kier molecular flexibility index (Phi) is 6.15. The molecule has 0 bridgehead atoms. The van der Waals surface area contributed by atoms with Crippen LogP contribution in [-0.2, 0) is 10.5 Å². The van der Waals surface area contributed by atoms with Crippen molar-refractivity contribution in [2.24, 2.45) is 5.92 Å². The number of nitrogens with one attached hydrogen (secondary N) is 1. The van der Waals surface area contributed by atoms with Crippen molar-refractivity contribution < 1.29 is 4.79 Å². The second-order valence-corrected chi connectivity index (χ2v) is 10.1. The van der Waals surface area contributed by atoms with E-state index in [9.17, 15) is 4.79 Å². The number of rotatable bonds is 5. The van der Waals surface area contributed by atoms with E-state index in [1.165, 1.54) is 24.8 Å². The van der Waals surface area contributed by atoms with Gasteiger partial charge in [0.2, 0.25) is 5.91 Å². The van der Waals surface area contributed by atoms with E-state index in [1.807, 2.05) is 12.1 Å². The fourth-order valence-electron chi connectivity index (χ4n) is 3.38. The third-order valence-corrected chi connectivity index (χ3v) is 7.65. The average molecular weight is 461 g/mol. The van der Waals surface area contributed by atoms with Crippen molar-refractivity contribution in [3.63, 3.8) is 0 Å². The number of aromatic nitrogens is 1. The molecule has 0 spiro atoms. The van der Waals surface area contributed by atoms with E-state index in [-0.39, 0.29) is 11.8 Å². The Morgan fingerprint density at radius 3 is 2.70 bits per heavy atom. The highest BCUT2D eigenvalue weighted by molar-refractivity contribution is 9.10. The zero-order valence-corrected chi connectivity index (χ0v) is 18.1. The summed E-state index contributed by atoms with van der Waals surface area (Å²) >= 11 is 6.91. The van der Waals surface area contributed by atoms with Gasteiger partial charge in [0, 0.05) is 21.8 Å². The summed E-state index contributed by atoms with van der Waals surface area (Å²) in [7, 11) is 0. The molecule has 1 aromatic heterocycles. The van der Waals surface area contributed by atoms with Gasteiger partial charge in [-0.15, -0.1) is 11.3 Å². The average Bonchev–Trinajstić information content (AvgIpc) is 3.10. The molecule has 0 atom stereocenters. The molecule has 1 fully saturated rings. The fourth-order valence-corrected chi connectivity index (χ4v) is 5.71. The van der Waals surface area contributed by atoms with E-state index in [1.54, 1.807) is 23.1 Å². The smallest absolute Gasteiger partial charge is 0.227 e. The van der Waals surface area contributed by atoms with Crippen molar-refractivity contribution in [1.82, 2.24) is 4.98 Å². The molecule has 1 aliphatic rings. The molecule has 1 saturated carbocycles. The Labute approximate surface area is 176 Å². The van der Waals surface area contributed by atoms with Crippen molar-refractivity contribution in [2.45, 2.75) is 42.2 Å². The number of carbonyl (C=O) groups is 1. The molecule has 27 heavy (non-hydrogen) atoms. The molecule has 1 N–H and O–H groups in total. The second-order valence-electron chi connectivity index (χ2n) is 6.90. The number of thiazole rings is 1. The molecular formula is C21H21BrN2OS2. The number of carbonyl (C=O) groups excluding carboxylic acids is 1. The van der Waals surface area contributed by atoms with Gasteiger partial charge in [-0.3, -0.25) is 4.79 Å². The summed E-state index contributed by atoms with van der Waals surface area (Å²) in [6, 6.07) is 14.4. The lowest BCUT2D eigenvalue weighted by Crippen LogP contribution is -2.24. The Morgan fingerprint density at radius 1 is 1.15 bits per heavy atom. The number of hydrogen-bond donors (Lipinski definition) is 1. The third kappa shape index (κ3) is 4.92. The van der Waals surface area contributed by atoms with Gasteiger partial charge in [-0.1, -0.05) is 59.1 Å². The largest absolute Gasteiger partial charge is 0.326 e. The van der Waals surface area contributed by atoms with Crippen LogP contribution in [0, 0.1) is 5.92 Å². The SMILES string of the molecule is O=C(Nc1ccc2nc(SCc3ccc(Br)cc3)sc2c1)C1CCCCC1. The molecule has 0 unspecified atom stereocenters. The first-order valence-corrected chi connectivity index (χ1v) is 11.9. The monoisotopic (exact) mass is 460 g/mol. The van der Waals surface area contributed by atoms with Crippen LogP contribution in [0.1, 0.15) is 37.7 Å². The minimum atomic E-state index is 0.170. The summed E-state index contributed by atoms with van der Waals surface area (Å²) in [5.74, 6) is 1.24. The van der Waals surface area contributed by atoms with Crippen LogP contribution in [0.15, 0.2) is 51.3 Å². The molecule has 1 amide bonds. The molecule has 3 nitrogen and oxygen atoms in total. The zero-order valence-electron chi connectivity index (χ0n) is 14.9. The van der Waals surface area contributed by atoms with Crippen LogP contribution in [0.25, 0.3) is 10.2 Å². The molecule has 3 aromatic rings. The molecule has 6 heteroatoms. The maximum atomic E-state index is 12.5. The van der Waals surface area contributed by atoms with Gasteiger partial charge in [-0.25, -0.2) is 4.98 Å². The van der Waals surface area contributed by atoms with Crippen molar-refractivity contribution in [3.8, 4) is 0 Å². The Bertz CT molecular complexity index is 933. The quantitative estimate of drug-likeness (QED) is 0.422. The van der Waals surface area contributed by atoms with Gasteiger partial charge in [-0.2, -0.15) is 0 Å². The zero-order chi connectivity index (χ0) is 18.6. The number of anilines is 1. The number of hydrogen-bond acceptors (Lipinski definition) is 4. The number of thioether (sulfide) groups is 1. The van der Waals surface area contributed by atoms with Gasteiger partial charge in [-0.05, 0) is 48.7 Å². The predicted octanol–water partition coefficient (Wildman–Crippen LogP) is 6.87. The topological polar surface area (TPSA) is 42.0 Å². The maximum absolute atomic E-state index is 12.5. The van der Waals surface area contributed by atoms with Gasteiger partial charge in [0.05, 0.1) is 10.2 Å². The standard InChI is InChI=1S/C21H21BrN2OS2/c22-16-8-6-14(7-9-16)13-26-21-24-18-11-10-17(12-19(18)27-21)23-20(25)15-4-2-1-3-5-15/h6-12,15H,1-5,13H2,(H,23,25). The highest BCUT2D eigenvalue weighted by Gasteiger charge is 2.21. The Balaban J connectivity index is 1.41. The summed E-state index contributed by atoms with van der Waals surface area (Å²) in [6.45, 7) is 0. The number of nitrogens with zero attached hydrogens (tertiary/aromatic N) is 1. The summed E-state index contributed by atoms with van der Waals surface area (Å²) in [4.78, 5) is 17.2. The van der Waals surface area contributed by atoms with Crippen molar-refractivity contribution >= 4 is 60.8 Å². The first-order valence-electron chi connectivity index (χ1n) is 9.26. The van der Waals surface area contributed by atoms with E-state index in [4.69, 9.17) is 4.98 Å². The number of benzene rings is 2. The van der Waals surface area contributed by atoms with Crippen LogP contribution in [0.3, 0.4) is 0 Å². The van der Waals surface area contributed by atoms with Crippen LogP contribution >= 0.6 is 39.0 Å². The summed E-state index contributed by atoms with van der Waals surface area (Å²) < 4.78 is 3.28. The van der Waals surface area contributed by atoms with Crippen LogP contribution in [-0.4, -0.2) is 10.9 Å². The van der Waals surface area contributed by atoms with Crippen LogP contribution < -0.4 is 5.32 Å². The van der Waals surface area contributed by atoms with E-state index in [2.05, 4.69) is 51.6 Å². The first kappa shape index (κ1) is 19.0. The second kappa shape index (κ2) is 8.76. The molecule has 0 saturated heterocycles. The van der Waals surface area contributed by atoms with Crippen LogP contribution in [0.2, 0.25) is 0 Å². The lowest BCUT2D eigenvalue weighted by molar-refractivity contribution is -0.120. The molecule has 4 rings (SSSR count). The summed E-state index contributed by atoms with van der Waals surface area (Å²) in [5.41, 5.74) is 3.16. The number of fused-ring (bicyclic) bond motifs is 1. The fraction of sp³-hybridized carbons (Fsp3) is 0.333. The van der Waals surface area contributed by atoms with Crippen LogP contribution in [0.5, 0.6) is 0 Å². The van der Waals surface area contributed by atoms with Gasteiger partial charge in [0.15, 0.2) is 4.34 Å². The Morgan fingerprint density at radius 2 is 1.93 bits per heavy atom. The van der Waals surface area contributed by atoms with E-state index in [0.717, 1.165) is 43.3 Å². The van der Waals surface area contributed by atoms with Gasteiger partial charge in [0.25, 0.3) is 0 Å². The molecule has 1 heterocycles. The third-order valence-electron chi connectivity index (χ3n) is 4.89. The molecule has 0 aliphatic heterocycles. The minimum Gasteiger partial charge on any atom is -0.326 e. The number of halogens is 1. The van der Waals surface area contributed by atoms with Crippen molar-refractivity contribution in [2.75, 3.05) is 5.32 Å². The normalized spacial score (nSPS) is 15.1. The van der Waals surface area contributed by atoms with Crippen LogP contribution in [0.4, 0.5) is 5.69 Å². The summed E-state index contributed by atoms with van der Waals surface area (Å²) in [6.07, 6.45) is 5.64. The first-order chi connectivity index (χ1) is 13.2. The molecule has 1 aliphatic carbocycles. The van der Waals surface area contributed by atoms with Gasteiger partial charge >= 0.3 is 0 Å². The minimum absolute atomic E-state index is 0.170. The Hall–Kier alpha value is -1.37. The highest BCUT2D eigenvalue weighted by atomic mass is 79.9. The van der Waals surface area contributed by atoms with Crippen molar-refractivity contribution in [1.29, 1.82) is 0 Å². The lowest BCUT2D eigenvalue weighted by Gasteiger charge is -2.20. The molecular weight excluding hydrogens is 440 g/mol. The lowest BCUT2D eigenvalue weighted by atomic mass is 9.88. The predicted molar refractivity (Wildman–Crippen MR) is 119 cm³/mol. The van der Waals surface area contributed by atoms with E-state index >= 15 is 0 Å². The van der Waals surface area contributed by atoms with Gasteiger partial charge < -0.3 is 5.32 Å². The maximum Gasteiger partial charge on any atom is 0.227 e. The number of amides is 1. The highest BCUT2D eigenvalue weighted by Crippen LogP contribution is 2.33. The molecule has 140 valence electrons. The van der Waals surface area contributed by atoms with E-state index < -0.39 is 0 Å². The summed E-state index contributed by atoms with van der Waals surface area (Å²) in [5, 5.41) is 3.10. The molecule has 0 radical (unpaired) electrons.